The smallest absolute Gasteiger partial charge is 0.216 e. The van der Waals surface area contributed by atoms with Crippen LogP contribution in [0.1, 0.15) is 37.1 Å². The molecule has 9 heteroatoms. The first-order valence-electron chi connectivity index (χ1n) is 11.0. The molecule has 0 amide bonds. The molecule has 0 aliphatic carbocycles. The molecule has 8 nitrogen and oxygen atoms in total. The minimum absolute atomic E-state index is 0.0278. The van der Waals surface area contributed by atoms with Crippen LogP contribution in [0.3, 0.4) is 0 Å². The van der Waals surface area contributed by atoms with Crippen molar-refractivity contribution in [1.82, 2.24) is 24.9 Å². The van der Waals surface area contributed by atoms with Gasteiger partial charge in [-0.1, -0.05) is 0 Å². The van der Waals surface area contributed by atoms with Crippen LogP contribution in [0.15, 0.2) is 36.8 Å². The number of rotatable bonds is 5. The lowest BCUT2D eigenvalue weighted by atomic mass is 9.99. The highest BCUT2D eigenvalue weighted by atomic mass is 19.1. The summed E-state index contributed by atoms with van der Waals surface area (Å²) in [5.41, 5.74) is 2.85. The highest BCUT2D eigenvalue weighted by Crippen LogP contribution is 2.35. The van der Waals surface area contributed by atoms with Gasteiger partial charge in [0.1, 0.15) is 5.82 Å². The molecular weight excluding hydrogens is 409 g/mol. The zero-order chi connectivity index (χ0) is 22.1. The normalized spacial score (nSPS) is 20.5. The maximum Gasteiger partial charge on any atom is 0.216 e. The molecule has 5 rings (SSSR count). The van der Waals surface area contributed by atoms with Crippen molar-refractivity contribution >= 4 is 11.5 Å². The molecule has 2 unspecified atom stereocenters. The van der Waals surface area contributed by atoms with Gasteiger partial charge in [-0.2, -0.15) is 4.39 Å². The fourth-order valence-corrected chi connectivity index (χ4v) is 4.72. The van der Waals surface area contributed by atoms with E-state index in [4.69, 9.17) is 9.72 Å². The molecule has 5 heterocycles. The highest BCUT2D eigenvalue weighted by molar-refractivity contribution is 5.58. The topological polar surface area (TPSA) is 80.2 Å². The van der Waals surface area contributed by atoms with E-state index in [9.17, 15) is 4.39 Å². The first-order chi connectivity index (χ1) is 15.6. The number of ether oxygens (including phenoxy) is 1. The zero-order valence-electron chi connectivity index (χ0n) is 18.3. The van der Waals surface area contributed by atoms with E-state index < -0.39 is 5.95 Å². The number of methoxy groups -OCH3 is 1. The average Bonchev–Trinajstić information content (AvgIpc) is 3.28. The monoisotopic (exact) mass is 435 g/mol. The predicted octanol–water partition coefficient (Wildman–Crippen LogP) is 3.21. The fourth-order valence-electron chi connectivity index (χ4n) is 4.72. The Kier molecular flexibility index (Phi) is 5.65. The quantitative estimate of drug-likeness (QED) is 0.565. The summed E-state index contributed by atoms with van der Waals surface area (Å²) in [6.07, 6.45) is 8.03. The molecule has 0 spiro atoms. The van der Waals surface area contributed by atoms with Gasteiger partial charge in [0.05, 0.1) is 24.4 Å². The summed E-state index contributed by atoms with van der Waals surface area (Å²) in [5, 5.41) is 0. The molecule has 1 saturated heterocycles. The molecule has 1 fully saturated rings. The number of anilines is 2. The predicted molar refractivity (Wildman–Crippen MR) is 119 cm³/mol. The van der Waals surface area contributed by atoms with Crippen LogP contribution in [-0.4, -0.2) is 57.8 Å². The number of fused-ring (bicyclic) bond motifs is 1. The van der Waals surface area contributed by atoms with Crippen LogP contribution in [0.4, 0.5) is 15.9 Å². The van der Waals surface area contributed by atoms with Gasteiger partial charge in [0.2, 0.25) is 5.95 Å². The maximum atomic E-state index is 14.6. The van der Waals surface area contributed by atoms with Gasteiger partial charge in [0, 0.05) is 68.6 Å². The second kappa shape index (κ2) is 8.74. The average molecular weight is 436 g/mol. The molecule has 0 bridgehead atoms. The molecule has 3 aromatic heterocycles. The Hall–Kier alpha value is -3.20. The van der Waals surface area contributed by atoms with Crippen molar-refractivity contribution in [3.05, 3.63) is 54.0 Å². The molecule has 0 radical (unpaired) electrons. The largest absolute Gasteiger partial charge is 0.383 e. The van der Waals surface area contributed by atoms with Gasteiger partial charge < -0.3 is 14.5 Å². The minimum atomic E-state index is -0.466. The van der Waals surface area contributed by atoms with E-state index in [0.717, 1.165) is 36.3 Å². The SMILES string of the molecule is COCC1CCCN1c1cc(F)nc(N2CCc3nc(-c4ncccn4)ncc3C2C)c1. The fraction of sp³-hybridized carbons (Fsp3) is 0.435. The van der Waals surface area contributed by atoms with Gasteiger partial charge >= 0.3 is 0 Å². The molecule has 2 aliphatic rings. The standard InChI is InChI=1S/C23H26FN7O/c1-15-18-13-27-23(22-25-7-4-8-26-22)28-19(18)6-10-30(15)21-12-17(11-20(24)29-21)31-9-3-5-16(31)14-32-2/h4,7-8,11-13,15-16H,3,5-6,9-10,14H2,1-2H3. The molecule has 166 valence electrons. The molecule has 2 aliphatic heterocycles. The van der Waals surface area contributed by atoms with E-state index in [2.05, 4.69) is 36.7 Å². The summed E-state index contributed by atoms with van der Waals surface area (Å²) in [5.74, 6) is 1.20. The molecule has 2 atom stereocenters. The summed E-state index contributed by atoms with van der Waals surface area (Å²) in [6, 6.07) is 5.52. The number of hydrogen-bond donors (Lipinski definition) is 0. The molecule has 0 aromatic carbocycles. The van der Waals surface area contributed by atoms with Crippen LogP contribution in [-0.2, 0) is 11.2 Å². The van der Waals surface area contributed by atoms with E-state index in [1.165, 1.54) is 6.07 Å². The number of pyridine rings is 1. The van der Waals surface area contributed by atoms with Crippen molar-refractivity contribution in [1.29, 1.82) is 0 Å². The Labute approximate surface area is 186 Å². The lowest BCUT2D eigenvalue weighted by molar-refractivity contribution is 0.181. The Bertz CT molecular complexity index is 1100. The van der Waals surface area contributed by atoms with Gasteiger partial charge in [-0.05, 0) is 25.8 Å². The zero-order valence-corrected chi connectivity index (χ0v) is 18.3. The van der Waals surface area contributed by atoms with E-state index in [-0.39, 0.29) is 12.1 Å². The van der Waals surface area contributed by atoms with Crippen LogP contribution >= 0.6 is 0 Å². The van der Waals surface area contributed by atoms with Crippen LogP contribution in [0.2, 0.25) is 0 Å². The molecular formula is C23H26FN7O. The number of hydrogen-bond acceptors (Lipinski definition) is 8. The molecule has 3 aromatic rings. The molecule has 32 heavy (non-hydrogen) atoms. The van der Waals surface area contributed by atoms with Crippen molar-refractivity contribution in [3.63, 3.8) is 0 Å². The number of nitrogens with zero attached hydrogens (tertiary/aromatic N) is 7. The van der Waals surface area contributed by atoms with E-state index in [0.29, 0.717) is 37.0 Å². The third-order valence-corrected chi connectivity index (χ3v) is 6.30. The van der Waals surface area contributed by atoms with Crippen molar-refractivity contribution in [2.45, 2.75) is 38.3 Å². The summed E-state index contributed by atoms with van der Waals surface area (Å²) in [7, 11) is 1.71. The van der Waals surface area contributed by atoms with Crippen molar-refractivity contribution in [3.8, 4) is 11.6 Å². The van der Waals surface area contributed by atoms with E-state index >= 15 is 0 Å². The summed E-state index contributed by atoms with van der Waals surface area (Å²) in [4.78, 5) is 26.3. The summed E-state index contributed by atoms with van der Waals surface area (Å²) >= 11 is 0. The van der Waals surface area contributed by atoms with Gasteiger partial charge in [-0.3, -0.25) is 0 Å². The summed E-state index contributed by atoms with van der Waals surface area (Å²) < 4.78 is 19.9. The van der Waals surface area contributed by atoms with Gasteiger partial charge in [0.15, 0.2) is 11.6 Å². The summed E-state index contributed by atoms with van der Waals surface area (Å²) in [6.45, 7) is 4.30. The Morgan fingerprint density at radius 1 is 1.06 bits per heavy atom. The molecule has 0 N–H and O–H groups in total. The lowest BCUT2D eigenvalue weighted by Gasteiger charge is -2.36. The lowest BCUT2D eigenvalue weighted by Crippen LogP contribution is -2.36. The molecule has 0 saturated carbocycles. The highest BCUT2D eigenvalue weighted by Gasteiger charge is 2.30. The van der Waals surface area contributed by atoms with Crippen LogP contribution in [0, 0.1) is 5.95 Å². The van der Waals surface area contributed by atoms with Gasteiger partial charge in [0.25, 0.3) is 0 Å². The Morgan fingerprint density at radius 2 is 1.91 bits per heavy atom. The maximum absolute atomic E-state index is 14.6. The first kappa shape index (κ1) is 20.7. The second-order valence-corrected chi connectivity index (χ2v) is 8.24. The Morgan fingerprint density at radius 3 is 2.72 bits per heavy atom. The van der Waals surface area contributed by atoms with Gasteiger partial charge in [-0.15, -0.1) is 0 Å². The van der Waals surface area contributed by atoms with E-state index in [1.54, 1.807) is 25.6 Å². The van der Waals surface area contributed by atoms with E-state index in [1.807, 2.05) is 12.3 Å². The minimum Gasteiger partial charge on any atom is -0.383 e. The van der Waals surface area contributed by atoms with Crippen LogP contribution in [0.25, 0.3) is 11.6 Å². The first-order valence-corrected chi connectivity index (χ1v) is 11.0. The van der Waals surface area contributed by atoms with Crippen molar-refractivity contribution in [2.75, 3.05) is 36.6 Å². The number of aromatic nitrogens is 5. The van der Waals surface area contributed by atoms with Crippen LogP contribution in [0.5, 0.6) is 0 Å². The third-order valence-electron chi connectivity index (χ3n) is 6.30. The van der Waals surface area contributed by atoms with Crippen molar-refractivity contribution in [2.24, 2.45) is 0 Å². The van der Waals surface area contributed by atoms with Crippen LogP contribution < -0.4 is 9.80 Å². The van der Waals surface area contributed by atoms with Crippen molar-refractivity contribution < 1.29 is 9.13 Å². The number of halogens is 1. The van der Waals surface area contributed by atoms with Gasteiger partial charge in [-0.25, -0.2) is 24.9 Å². The Balaban J connectivity index is 1.43. The second-order valence-electron chi connectivity index (χ2n) is 8.24. The third kappa shape index (κ3) is 3.88.